The number of hydrogen-bond acceptors (Lipinski definition) is 5. The molecule has 0 atom stereocenters. The molecule has 1 N–H and O–H groups in total. The molecule has 0 radical (unpaired) electrons. The van der Waals surface area contributed by atoms with Crippen molar-refractivity contribution in [3.8, 4) is 5.75 Å². The number of aromatic nitrogens is 4. The van der Waals surface area contributed by atoms with Gasteiger partial charge in [-0.05, 0) is 36.5 Å². The first-order chi connectivity index (χ1) is 15.1. The van der Waals surface area contributed by atoms with Crippen LogP contribution in [0.25, 0.3) is 11.2 Å². The molecule has 0 unspecified atom stereocenters. The number of carbonyl (C=O) groups is 1. The smallest absolute Gasteiger partial charge is 0.333 e. The Bertz CT molecular complexity index is 1250. The van der Waals surface area contributed by atoms with E-state index in [-0.39, 0.29) is 11.8 Å². The monoisotopic (exact) mass is 441 g/mol. The van der Waals surface area contributed by atoms with Crippen molar-refractivity contribution in [2.45, 2.75) is 54.3 Å². The number of amides is 1. The number of hydrogen-bond donors (Lipinski definition) is 1. The first-order valence-corrected chi connectivity index (χ1v) is 10.7. The van der Waals surface area contributed by atoms with Crippen LogP contribution >= 0.6 is 0 Å². The molecule has 172 valence electrons. The van der Waals surface area contributed by atoms with Crippen LogP contribution in [0, 0.1) is 18.8 Å². The fourth-order valence-corrected chi connectivity index (χ4v) is 3.69. The highest BCUT2D eigenvalue weighted by molar-refractivity contribution is 5.92. The molecule has 1 aromatic carbocycles. The normalized spacial score (nSPS) is 11.5. The number of ether oxygens (including phenoxy) is 1. The van der Waals surface area contributed by atoms with Crippen molar-refractivity contribution in [1.82, 2.24) is 18.7 Å². The van der Waals surface area contributed by atoms with Gasteiger partial charge in [0, 0.05) is 13.1 Å². The highest BCUT2D eigenvalue weighted by Crippen LogP contribution is 2.25. The number of rotatable bonds is 8. The average molecular weight is 442 g/mol. The SMILES string of the molecule is COc1ccc(C)cc1NC(=O)Cn1c(=O)c2c(ncn2CC(C)C)n(CC(C)C)c1=O. The molecule has 0 saturated carbocycles. The van der Waals surface area contributed by atoms with Crippen molar-refractivity contribution in [1.29, 1.82) is 0 Å². The zero-order chi connectivity index (χ0) is 23.6. The van der Waals surface area contributed by atoms with Gasteiger partial charge in [-0.25, -0.2) is 14.3 Å². The van der Waals surface area contributed by atoms with E-state index in [9.17, 15) is 14.4 Å². The van der Waals surface area contributed by atoms with Crippen molar-refractivity contribution >= 4 is 22.8 Å². The number of nitrogens with zero attached hydrogens (tertiary/aromatic N) is 4. The number of fused-ring (bicyclic) bond motifs is 1. The number of anilines is 1. The van der Waals surface area contributed by atoms with Crippen LogP contribution in [0.2, 0.25) is 0 Å². The lowest BCUT2D eigenvalue weighted by Crippen LogP contribution is -2.43. The van der Waals surface area contributed by atoms with Crippen molar-refractivity contribution in [2.24, 2.45) is 11.8 Å². The third-order valence-corrected chi connectivity index (χ3v) is 5.02. The Balaban J connectivity index is 2.07. The van der Waals surface area contributed by atoms with Crippen LogP contribution in [0.4, 0.5) is 5.69 Å². The molecular formula is C23H31N5O4. The summed E-state index contributed by atoms with van der Waals surface area (Å²) in [6, 6.07) is 5.40. The topological polar surface area (TPSA) is 100 Å². The van der Waals surface area contributed by atoms with Gasteiger partial charge >= 0.3 is 5.69 Å². The lowest BCUT2D eigenvalue weighted by atomic mass is 10.2. The molecule has 2 heterocycles. The van der Waals surface area contributed by atoms with Crippen molar-refractivity contribution in [3.63, 3.8) is 0 Å². The van der Waals surface area contributed by atoms with E-state index in [0.29, 0.717) is 35.7 Å². The van der Waals surface area contributed by atoms with E-state index in [2.05, 4.69) is 10.3 Å². The Morgan fingerprint density at radius 3 is 2.41 bits per heavy atom. The molecule has 0 aliphatic carbocycles. The Morgan fingerprint density at radius 1 is 1.09 bits per heavy atom. The maximum absolute atomic E-state index is 13.3. The average Bonchev–Trinajstić information content (AvgIpc) is 3.11. The number of aryl methyl sites for hydroxylation is 1. The molecule has 9 heteroatoms. The number of imidazole rings is 1. The second kappa shape index (κ2) is 9.42. The van der Waals surface area contributed by atoms with Gasteiger partial charge in [0.05, 0.1) is 19.1 Å². The van der Waals surface area contributed by atoms with Gasteiger partial charge in [-0.2, -0.15) is 0 Å². The standard InChI is InChI=1S/C23H31N5O4/c1-14(2)10-26-13-24-21-20(26)22(30)28(23(31)27(21)11-15(3)4)12-19(29)25-17-9-16(5)7-8-18(17)32-6/h7-9,13-15H,10-12H2,1-6H3,(H,25,29). The summed E-state index contributed by atoms with van der Waals surface area (Å²) in [5, 5.41) is 2.76. The van der Waals surface area contributed by atoms with Gasteiger partial charge in [-0.1, -0.05) is 33.8 Å². The van der Waals surface area contributed by atoms with Crippen molar-refractivity contribution in [3.05, 3.63) is 50.9 Å². The Kier molecular flexibility index (Phi) is 6.86. The molecule has 9 nitrogen and oxygen atoms in total. The predicted molar refractivity (Wildman–Crippen MR) is 124 cm³/mol. The fourth-order valence-electron chi connectivity index (χ4n) is 3.69. The largest absolute Gasteiger partial charge is 0.495 e. The van der Waals surface area contributed by atoms with E-state index >= 15 is 0 Å². The highest BCUT2D eigenvalue weighted by Gasteiger charge is 2.21. The van der Waals surface area contributed by atoms with Gasteiger partial charge in [0.15, 0.2) is 11.2 Å². The van der Waals surface area contributed by atoms with E-state index in [0.717, 1.165) is 10.1 Å². The first kappa shape index (κ1) is 23.3. The second-order valence-electron chi connectivity index (χ2n) is 8.89. The molecule has 2 aromatic heterocycles. The lowest BCUT2D eigenvalue weighted by molar-refractivity contribution is -0.116. The van der Waals surface area contributed by atoms with Crippen LogP contribution in [0.1, 0.15) is 33.3 Å². The molecule has 0 bridgehead atoms. The third kappa shape index (κ3) is 4.76. The number of benzene rings is 1. The maximum Gasteiger partial charge on any atom is 0.333 e. The number of nitrogens with one attached hydrogen (secondary N) is 1. The van der Waals surface area contributed by atoms with Gasteiger partial charge in [0.25, 0.3) is 5.56 Å². The summed E-state index contributed by atoms with van der Waals surface area (Å²) in [6.07, 6.45) is 1.59. The quantitative estimate of drug-likeness (QED) is 0.579. The van der Waals surface area contributed by atoms with Crippen molar-refractivity contribution < 1.29 is 9.53 Å². The predicted octanol–water partition coefficient (Wildman–Crippen LogP) is 2.63. The van der Waals surface area contributed by atoms with Crippen LogP contribution in [-0.2, 0) is 24.4 Å². The van der Waals surface area contributed by atoms with Gasteiger partial charge in [0.2, 0.25) is 5.91 Å². The van der Waals surface area contributed by atoms with E-state index in [4.69, 9.17) is 4.74 Å². The third-order valence-electron chi connectivity index (χ3n) is 5.02. The van der Waals surface area contributed by atoms with Crippen LogP contribution in [0.3, 0.4) is 0 Å². The van der Waals surface area contributed by atoms with Crippen LogP contribution in [-0.4, -0.2) is 31.7 Å². The molecular weight excluding hydrogens is 410 g/mol. The minimum absolute atomic E-state index is 0.155. The van der Waals surface area contributed by atoms with Crippen LogP contribution in [0.5, 0.6) is 5.75 Å². The maximum atomic E-state index is 13.3. The molecule has 3 aromatic rings. The van der Waals surface area contributed by atoms with Gasteiger partial charge in [0.1, 0.15) is 12.3 Å². The lowest BCUT2D eigenvalue weighted by Gasteiger charge is -2.15. The van der Waals surface area contributed by atoms with Crippen molar-refractivity contribution in [2.75, 3.05) is 12.4 Å². The molecule has 0 saturated heterocycles. The molecule has 0 aliphatic heterocycles. The summed E-state index contributed by atoms with van der Waals surface area (Å²) < 4.78 is 9.53. The Morgan fingerprint density at radius 2 is 1.78 bits per heavy atom. The van der Waals surface area contributed by atoms with E-state index in [1.807, 2.05) is 40.7 Å². The summed E-state index contributed by atoms with van der Waals surface area (Å²) in [6.45, 7) is 10.5. The fraction of sp³-hybridized carbons (Fsp3) is 0.478. The highest BCUT2D eigenvalue weighted by atomic mass is 16.5. The summed E-state index contributed by atoms with van der Waals surface area (Å²) in [5.41, 5.74) is 1.05. The number of methoxy groups -OCH3 is 1. The second-order valence-corrected chi connectivity index (χ2v) is 8.89. The summed E-state index contributed by atoms with van der Waals surface area (Å²) in [5.74, 6) is 0.447. The zero-order valence-corrected chi connectivity index (χ0v) is 19.5. The van der Waals surface area contributed by atoms with E-state index in [1.54, 1.807) is 23.0 Å². The summed E-state index contributed by atoms with van der Waals surface area (Å²) >= 11 is 0. The molecule has 0 spiro atoms. The summed E-state index contributed by atoms with van der Waals surface area (Å²) in [4.78, 5) is 43.7. The Labute approximate surface area is 186 Å². The van der Waals surface area contributed by atoms with E-state index < -0.39 is 23.7 Å². The van der Waals surface area contributed by atoms with Crippen LogP contribution < -0.4 is 21.3 Å². The molecule has 0 aliphatic rings. The minimum atomic E-state index is -0.544. The molecule has 32 heavy (non-hydrogen) atoms. The minimum Gasteiger partial charge on any atom is -0.495 e. The van der Waals surface area contributed by atoms with Crippen LogP contribution in [0.15, 0.2) is 34.1 Å². The number of carbonyl (C=O) groups excluding carboxylic acids is 1. The summed E-state index contributed by atoms with van der Waals surface area (Å²) in [7, 11) is 1.51. The molecule has 0 fully saturated rings. The Hall–Kier alpha value is -3.36. The van der Waals surface area contributed by atoms with E-state index in [1.165, 1.54) is 11.7 Å². The van der Waals surface area contributed by atoms with Gasteiger partial charge in [-0.15, -0.1) is 0 Å². The first-order valence-electron chi connectivity index (χ1n) is 10.7. The van der Waals surface area contributed by atoms with Gasteiger partial charge < -0.3 is 14.6 Å². The molecule has 3 rings (SSSR count). The zero-order valence-electron chi connectivity index (χ0n) is 19.5. The molecule has 1 amide bonds. The van der Waals surface area contributed by atoms with Gasteiger partial charge in [-0.3, -0.25) is 14.2 Å².